The molecule has 3 aromatic rings. The molecule has 0 saturated carbocycles. The maximum absolute atomic E-state index is 12.0. The van der Waals surface area contributed by atoms with E-state index in [9.17, 15) is 4.79 Å². The number of ether oxygens (including phenoxy) is 1. The molecule has 0 aliphatic rings. The molecule has 29 heavy (non-hydrogen) atoms. The molecule has 0 saturated heterocycles. The third-order valence-corrected chi connectivity index (χ3v) is 4.49. The van der Waals surface area contributed by atoms with Gasteiger partial charge < -0.3 is 10.1 Å². The standard InChI is InChI=1S/C23H23N3O2S/c1-16-8-9-17(2)21(14-16)24-23(29)26-25-22(27)15-28-20-12-10-19(11-13-20)18-6-4-3-5-7-18/h3-14H,15H2,1-2H3,(H,25,27)(H2,24,26,29). The Hall–Kier alpha value is -3.38. The largest absolute Gasteiger partial charge is 0.484 e. The van der Waals surface area contributed by atoms with Gasteiger partial charge in [0.1, 0.15) is 5.75 Å². The molecule has 6 heteroatoms. The number of benzene rings is 3. The first-order chi connectivity index (χ1) is 14.0. The molecule has 1 amide bonds. The van der Waals surface area contributed by atoms with Gasteiger partial charge in [0.2, 0.25) is 0 Å². The van der Waals surface area contributed by atoms with Crippen LogP contribution in [0.15, 0.2) is 72.8 Å². The molecule has 3 aromatic carbocycles. The topological polar surface area (TPSA) is 62.4 Å². The van der Waals surface area contributed by atoms with Crippen molar-refractivity contribution in [3.8, 4) is 16.9 Å². The summed E-state index contributed by atoms with van der Waals surface area (Å²) in [6, 6.07) is 23.7. The van der Waals surface area contributed by atoms with Crippen molar-refractivity contribution in [1.29, 1.82) is 0 Å². The van der Waals surface area contributed by atoms with E-state index in [1.54, 1.807) is 0 Å². The van der Waals surface area contributed by atoms with Crippen LogP contribution in [0.25, 0.3) is 11.1 Å². The first kappa shape index (κ1) is 20.4. The van der Waals surface area contributed by atoms with E-state index in [0.717, 1.165) is 27.9 Å². The van der Waals surface area contributed by atoms with Gasteiger partial charge in [-0.1, -0.05) is 54.6 Å². The zero-order valence-corrected chi connectivity index (χ0v) is 17.2. The first-order valence-electron chi connectivity index (χ1n) is 9.22. The highest BCUT2D eigenvalue weighted by Gasteiger charge is 2.06. The van der Waals surface area contributed by atoms with Crippen molar-refractivity contribution >= 4 is 28.9 Å². The highest BCUT2D eigenvalue weighted by molar-refractivity contribution is 7.80. The quantitative estimate of drug-likeness (QED) is 0.435. The predicted octanol–water partition coefficient (Wildman–Crippen LogP) is 4.37. The van der Waals surface area contributed by atoms with E-state index < -0.39 is 0 Å². The van der Waals surface area contributed by atoms with Gasteiger partial charge in [-0.15, -0.1) is 0 Å². The van der Waals surface area contributed by atoms with Gasteiger partial charge in [0, 0.05) is 5.69 Å². The smallest absolute Gasteiger partial charge is 0.276 e. The maximum atomic E-state index is 12.0. The molecule has 148 valence electrons. The van der Waals surface area contributed by atoms with Crippen molar-refractivity contribution < 1.29 is 9.53 Å². The number of anilines is 1. The fourth-order valence-corrected chi connectivity index (χ4v) is 2.87. The molecule has 0 unspecified atom stereocenters. The van der Waals surface area contributed by atoms with Crippen LogP contribution in [-0.2, 0) is 4.79 Å². The summed E-state index contributed by atoms with van der Waals surface area (Å²) in [4.78, 5) is 12.0. The number of nitrogens with one attached hydrogen (secondary N) is 3. The molecule has 0 aliphatic carbocycles. The molecule has 3 rings (SSSR count). The number of hydrogen-bond acceptors (Lipinski definition) is 3. The molecular weight excluding hydrogens is 382 g/mol. The summed E-state index contributed by atoms with van der Waals surface area (Å²) in [5.74, 6) is 0.290. The zero-order valence-electron chi connectivity index (χ0n) is 16.4. The Balaban J connectivity index is 1.44. The second kappa shape index (κ2) is 9.71. The Bertz CT molecular complexity index is 989. The fourth-order valence-electron chi connectivity index (χ4n) is 2.71. The molecule has 3 N–H and O–H groups in total. The number of carbonyl (C=O) groups is 1. The second-order valence-corrected chi connectivity index (χ2v) is 7.03. The molecular formula is C23H23N3O2S. The van der Waals surface area contributed by atoms with E-state index in [-0.39, 0.29) is 12.5 Å². The van der Waals surface area contributed by atoms with Crippen molar-refractivity contribution in [2.45, 2.75) is 13.8 Å². The minimum absolute atomic E-state index is 0.121. The van der Waals surface area contributed by atoms with Crippen LogP contribution in [0.4, 0.5) is 5.69 Å². The molecule has 0 bridgehead atoms. The van der Waals surface area contributed by atoms with Crippen LogP contribution >= 0.6 is 12.2 Å². The van der Waals surface area contributed by atoms with Gasteiger partial charge >= 0.3 is 0 Å². The van der Waals surface area contributed by atoms with Crippen LogP contribution in [0.5, 0.6) is 5.75 Å². The zero-order chi connectivity index (χ0) is 20.6. The van der Waals surface area contributed by atoms with E-state index in [0.29, 0.717) is 10.9 Å². The summed E-state index contributed by atoms with van der Waals surface area (Å²) < 4.78 is 5.53. The molecule has 5 nitrogen and oxygen atoms in total. The lowest BCUT2D eigenvalue weighted by Crippen LogP contribution is -2.45. The minimum Gasteiger partial charge on any atom is -0.484 e. The SMILES string of the molecule is Cc1ccc(C)c(NC(=S)NNC(=O)COc2ccc(-c3ccccc3)cc2)c1. The van der Waals surface area contributed by atoms with Crippen LogP contribution in [0.3, 0.4) is 0 Å². The monoisotopic (exact) mass is 405 g/mol. The number of amides is 1. The Kier molecular flexibility index (Phi) is 6.81. The van der Waals surface area contributed by atoms with E-state index in [1.807, 2.05) is 86.6 Å². The lowest BCUT2D eigenvalue weighted by atomic mass is 10.1. The Morgan fingerprint density at radius 1 is 0.897 bits per heavy atom. The molecule has 0 atom stereocenters. The van der Waals surface area contributed by atoms with Gasteiger partial charge in [-0.3, -0.25) is 15.6 Å². The van der Waals surface area contributed by atoms with Gasteiger partial charge in [-0.2, -0.15) is 0 Å². The number of thiocarbonyl (C=S) groups is 1. The lowest BCUT2D eigenvalue weighted by Gasteiger charge is -2.14. The number of hydrogen-bond donors (Lipinski definition) is 3. The molecule has 0 heterocycles. The van der Waals surface area contributed by atoms with Gasteiger partial charge in [-0.05, 0) is 66.5 Å². The van der Waals surface area contributed by atoms with Gasteiger partial charge in [0.15, 0.2) is 11.7 Å². The number of hydrazine groups is 1. The fraction of sp³-hybridized carbons (Fsp3) is 0.130. The second-order valence-electron chi connectivity index (χ2n) is 6.62. The number of carbonyl (C=O) groups excluding carboxylic acids is 1. The lowest BCUT2D eigenvalue weighted by molar-refractivity contribution is -0.123. The molecule has 0 aromatic heterocycles. The molecule has 0 fully saturated rings. The van der Waals surface area contributed by atoms with Crippen molar-refractivity contribution in [3.05, 3.63) is 83.9 Å². The van der Waals surface area contributed by atoms with Crippen molar-refractivity contribution in [2.75, 3.05) is 11.9 Å². The summed E-state index contributed by atoms with van der Waals surface area (Å²) >= 11 is 5.22. The molecule has 0 spiro atoms. The maximum Gasteiger partial charge on any atom is 0.276 e. The van der Waals surface area contributed by atoms with Gasteiger partial charge in [-0.25, -0.2) is 0 Å². The third-order valence-electron chi connectivity index (χ3n) is 4.29. The average Bonchev–Trinajstić information content (AvgIpc) is 2.74. The Labute approximate surface area is 176 Å². The van der Waals surface area contributed by atoms with Crippen molar-refractivity contribution in [3.63, 3.8) is 0 Å². The van der Waals surface area contributed by atoms with Crippen LogP contribution in [0.2, 0.25) is 0 Å². The summed E-state index contributed by atoms with van der Waals surface area (Å²) in [6.07, 6.45) is 0. The van der Waals surface area contributed by atoms with Crippen LogP contribution in [0, 0.1) is 13.8 Å². The molecule has 0 radical (unpaired) electrons. The summed E-state index contributed by atoms with van der Waals surface area (Å²) in [7, 11) is 0. The Morgan fingerprint density at radius 2 is 1.59 bits per heavy atom. The number of aryl methyl sites for hydroxylation is 2. The van der Waals surface area contributed by atoms with Crippen LogP contribution in [-0.4, -0.2) is 17.6 Å². The predicted molar refractivity (Wildman–Crippen MR) is 121 cm³/mol. The summed E-state index contributed by atoms with van der Waals surface area (Å²) in [6.45, 7) is 3.87. The van der Waals surface area contributed by atoms with Crippen molar-refractivity contribution in [2.24, 2.45) is 0 Å². The van der Waals surface area contributed by atoms with E-state index in [2.05, 4.69) is 16.2 Å². The van der Waals surface area contributed by atoms with E-state index >= 15 is 0 Å². The van der Waals surface area contributed by atoms with E-state index in [4.69, 9.17) is 17.0 Å². The summed E-state index contributed by atoms with van der Waals surface area (Å²) in [5, 5.41) is 3.37. The van der Waals surface area contributed by atoms with E-state index in [1.165, 1.54) is 0 Å². The van der Waals surface area contributed by atoms with Gasteiger partial charge in [0.05, 0.1) is 0 Å². The molecule has 0 aliphatic heterocycles. The third kappa shape index (κ3) is 6.05. The van der Waals surface area contributed by atoms with Crippen LogP contribution < -0.4 is 20.9 Å². The van der Waals surface area contributed by atoms with Crippen LogP contribution in [0.1, 0.15) is 11.1 Å². The summed E-state index contributed by atoms with van der Waals surface area (Å²) in [5.41, 5.74) is 10.5. The minimum atomic E-state index is -0.331. The highest BCUT2D eigenvalue weighted by Crippen LogP contribution is 2.22. The van der Waals surface area contributed by atoms with Crippen molar-refractivity contribution in [1.82, 2.24) is 10.9 Å². The first-order valence-corrected chi connectivity index (χ1v) is 9.63. The Morgan fingerprint density at radius 3 is 2.31 bits per heavy atom. The van der Waals surface area contributed by atoms with Gasteiger partial charge in [0.25, 0.3) is 5.91 Å². The highest BCUT2D eigenvalue weighted by atomic mass is 32.1. The number of rotatable bonds is 5. The normalized spacial score (nSPS) is 10.1. The average molecular weight is 406 g/mol.